The van der Waals surface area contributed by atoms with Crippen molar-refractivity contribution in [2.24, 2.45) is 0 Å². The third-order valence-corrected chi connectivity index (χ3v) is 2.04. The van der Waals surface area contributed by atoms with E-state index in [1.807, 2.05) is 59.8 Å². The average molecular weight is 290 g/mol. The molecule has 1 nitrogen and oxygen atoms in total. The molecule has 0 unspecified atom stereocenters. The van der Waals surface area contributed by atoms with E-state index in [-0.39, 0.29) is 17.0 Å². The van der Waals surface area contributed by atoms with Crippen LogP contribution in [0.3, 0.4) is 0 Å². The van der Waals surface area contributed by atoms with Gasteiger partial charge in [0.2, 0.25) is 0 Å². The van der Waals surface area contributed by atoms with Crippen LogP contribution in [0, 0.1) is 0 Å². The molecule has 14 heavy (non-hydrogen) atoms. The zero-order chi connectivity index (χ0) is 10.1. The summed E-state index contributed by atoms with van der Waals surface area (Å²) in [6.07, 6.45) is 0. The van der Waals surface area contributed by atoms with Gasteiger partial charge in [0.05, 0.1) is 0 Å². The number of rotatable bonds is 2. The maximum absolute atomic E-state index is 5.61. The summed E-state index contributed by atoms with van der Waals surface area (Å²) >= 11 is 7.47. The fraction of sp³-hybridized carbons (Fsp3) is 0.400. The van der Waals surface area contributed by atoms with Crippen molar-refractivity contribution in [3.05, 3.63) is 29.3 Å². The third kappa shape index (κ3) is 10.8. The van der Waals surface area contributed by atoms with Crippen LogP contribution in [-0.2, 0) is 4.74 Å². The van der Waals surface area contributed by atoms with Crippen LogP contribution in [0.15, 0.2) is 24.3 Å². The van der Waals surface area contributed by atoms with Crippen molar-refractivity contribution in [2.75, 3.05) is 13.2 Å². The van der Waals surface area contributed by atoms with Crippen molar-refractivity contribution in [3.8, 4) is 0 Å². The molecule has 0 heterocycles. The van der Waals surface area contributed by atoms with Crippen molar-refractivity contribution in [2.45, 2.75) is 13.8 Å². The van der Waals surface area contributed by atoms with E-state index in [9.17, 15) is 0 Å². The topological polar surface area (TPSA) is 9.23 Å². The molecular formula is C10H14BrClMgO. The molecule has 0 aliphatic heterocycles. The summed E-state index contributed by atoms with van der Waals surface area (Å²) in [5.74, 6) is 0. The Labute approximate surface area is 114 Å². The van der Waals surface area contributed by atoms with Gasteiger partial charge < -0.3 is 21.7 Å². The first-order valence-corrected chi connectivity index (χ1v) is 5.44. The van der Waals surface area contributed by atoms with E-state index in [1.165, 1.54) is 3.69 Å². The molecule has 76 valence electrons. The minimum atomic E-state index is 0. The van der Waals surface area contributed by atoms with Gasteiger partial charge in [0.25, 0.3) is 0 Å². The quantitative estimate of drug-likeness (QED) is 0.647. The van der Waals surface area contributed by atoms with Crippen LogP contribution >= 0.6 is 11.6 Å². The molecule has 0 spiro atoms. The van der Waals surface area contributed by atoms with Gasteiger partial charge in [0, 0.05) is 13.2 Å². The third-order valence-electron chi connectivity index (χ3n) is 1.32. The standard InChI is InChI=1S/C6H4Cl.C4H10O.BrH.Mg/c7-6-4-2-1-3-5-6;1-3-5-4-2;;/h2-5H;3-4H2,1-2H3;1H;/q;;;+1/p-1. The molecule has 0 saturated heterocycles. The molecule has 0 amide bonds. The molecule has 4 heteroatoms. The zero-order valence-electron chi connectivity index (χ0n) is 8.59. The normalized spacial score (nSPS) is 8.36. The SMILES string of the molecule is CCOCC.[Br-].[Mg+][c]1ccc(Cl)cc1. The second-order valence-corrected chi connectivity index (χ2v) is 3.66. The molecule has 0 aliphatic rings. The van der Waals surface area contributed by atoms with Crippen LogP contribution in [0.4, 0.5) is 0 Å². The van der Waals surface area contributed by atoms with Crippen LogP contribution in [0.2, 0.25) is 5.02 Å². The van der Waals surface area contributed by atoms with Gasteiger partial charge in [-0.05, 0) is 13.8 Å². The van der Waals surface area contributed by atoms with Crippen LogP contribution in [0.1, 0.15) is 13.8 Å². The van der Waals surface area contributed by atoms with Gasteiger partial charge in [0.1, 0.15) is 0 Å². The Morgan fingerprint density at radius 3 is 1.79 bits per heavy atom. The van der Waals surface area contributed by atoms with E-state index >= 15 is 0 Å². The Bertz CT molecular complexity index is 193. The van der Waals surface area contributed by atoms with Gasteiger partial charge in [-0.25, -0.2) is 0 Å². The molecule has 1 aromatic carbocycles. The van der Waals surface area contributed by atoms with E-state index in [4.69, 9.17) is 16.3 Å². The molecular weight excluding hydrogens is 276 g/mol. The summed E-state index contributed by atoms with van der Waals surface area (Å²) in [7, 11) is 0. The molecule has 0 fully saturated rings. The first kappa shape index (κ1) is 17.1. The van der Waals surface area contributed by atoms with Gasteiger partial charge in [-0.2, -0.15) is 0 Å². The number of ether oxygens (including phenoxy) is 1. The van der Waals surface area contributed by atoms with Crippen molar-refractivity contribution < 1.29 is 21.7 Å². The van der Waals surface area contributed by atoms with E-state index in [0.29, 0.717) is 0 Å². The Balaban J connectivity index is 0. The van der Waals surface area contributed by atoms with Crippen molar-refractivity contribution in [1.29, 1.82) is 0 Å². The van der Waals surface area contributed by atoms with E-state index in [0.717, 1.165) is 18.2 Å². The summed E-state index contributed by atoms with van der Waals surface area (Å²) < 4.78 is 6.11. The second-order valence-electron chi connectivity index (χ2n) is 2.41. The minimum absolute atomic E-state index is 0. The van der Waals surface area contributed by atoms with Crippen LogP contribution in [0.25, 0.3) is 0 Å². The van der Waals surface area contributed by atoms with Gasteiger partial charge in [-0.1, -0.05) is 0 Å². The maximum atomic E-state index is 5.61. The predicted octanol–water partition coefficient (Wildman–Crippen LogP) is -0.819. The van der Waals surface area contributed by atoms with Crippen molar-refractivity contribution >= 4 is 37.0 Å². The summed E-state index contributed by atoms with van der Waals surface area (Å²) in [5, 5.41) is 0.806. The Kier molecular flexibility index (Phi) is 14.4. The molecule has 1 rings (SSSR count). The molecule has 1 aromatic rings. The number of halogens is 2. The van der Waals surface area contributed by atoms with Crippen molar-refractivity contribution in [3.63, 3.8) is 0 Å². The molecule has 0 aliphatic carbocycles. The predicted molar refractivity (Wildman–Crippen MR) is 59.0 cm³/mol. The zero-order valence-corrected chi connectivity index (χ0v) is 12.4. The molecule has 0 radical (unpaired) electrons. The molecule has 0 aromatic heterocycles. The summed E-state index contributed by atoms with van der Waals surface area (Å²) in [6, 6.07) is 7.79. The summed E-state index contributed by atoms with van der Waals surface area (Å²) in [4.78, 5) is 0. The molecule has 0 bridgehead atoms. The van der Waals surface area contributed by atoms with Crippen molar-refractivity contribution in [1.82, 2.24) is 0 Å². The van der Waals surface area contributed by atoms with Crippen LogP contribution in [-0.4, -0.2) is 34.9 Å². The van der Waals surface area contributed by atoms with Crippen LogP contribution < -0.4 is 20.7 Å². The molecule has 0 atom stereocenters. The Morgan fingerprint density at radius 1 is 1.14 bits per heavy atom. The van der Waals surface area contributed by atoms with Gasteiger partial charge in [-0.3, -0.25) is 0 Å². The van der Waals surface area contributed by atoms with Gasteiger partial charge >= 0.3 is 66.3 Å². The van der Waals surface area contributed by atoms with Crippen LogP contribution in [0.5, 0.6) is 0 Å². The number of hydrogen-bond acceptors (Lipinski definition) is 1. The summed E-state index contributed by atoms with van der Waals surface area (Å²) in [6.45, 7) is 5.67. The first-order chi connectivity index (χ1) is 6.20. The fourth-order valence-corrected chi connectivity index (χ4v) is 1.05. The average Bonchev–Trinajstić information content (AvgIpc) is 2.13. The van der Waals surface area contributed by atoms with E-state index in [1.54, 1.807) is 0 Å². The van der Waals surface area contributed by atoms with E-state index in [2.05, 4.69) is 0 Å². The van der Waals surface area contributed by atoms with E-state index < -0.39 is 0 Å². The Morgan fingerprint density at radius 2 is 1.57 bits per heavy atom. The van der Waals surface area contributed by atoms with Gasteiger partial charge in [-0.15, -0.1) is 0 Å². The fourth-order valence-electron chi connectivity index (χ4n) is 0.689. The summed E-state index contributed by atoms with van der Waals surface area (Å²) in [5.41, 5.74) is 0. The second kappa shape index (κ2) is 11.8. The molecule has 0 N–H and O–H groups in total. The Hall–Kier alpha value is 0.716. The van der Waals surface area contributed by atoms with Gasteiger partial charge in [0.15, 0.2) is 0 Å². The molecule has 0 saturated carbocycles. The monoisotopic (exact) mass is 288 g/mol. The number of benzene rings is 1. The number of hydrogen-bond donors (Lipinski definition) is 0. The first-order valence-electron chi connectivity index (χ1n) is 4.36.